The number of nitrogens with one attached hydrogen (secondary N) is 2. The second-order valence-electron chi connectivity index (χ2n) is 6.57. The molecular weight excluding hydrogens is 391 g/mol. The molecule has 0 unspecified atom stereocenters. The maximum Gasteiger partial charge on any atom is 0.255 e. The number of carbonyl (C=O) groups excluding carboxylic acids is 1. The Morgan fingerprint density at radius 1 is 1.04 bits per heavy atom. The molecule has 1 aliphatic carbocycles. The average molecular weight is 411 g/mol. The second-order valence-corrected chi connectivity index (χ2v) is 8.94. The van der Waals surface area contributed by atoms with Gasteiger partial charge in [0, 0.05) is 16.9 Å². The number of sulfonamides is 1. The fourth-order valence-electron chi connectivity index (χ4n) is 3.12. The lowest BCUT2D eigenvalue weighted by molar-refractivity contribution is 0.102. The normalized spacial score (nSPS) is 15.3. The number of carbonyl (C=O) groups is 1. The van der Waals surface area contributed by atoms with Crippen molar-refractivity contribution in [2.75, 3.05) is 10.0 Å². The van der Waals surface area contributed by atoms with Gasteiger partial charge in [0.15, 0.2) is 0 Å². The van der Waals surface area contributed by atoms with Gasteiger partial charge in [-0.05, 0) is 49.2 Å². The lowest BCUT2D eigenvalue weighted by atomic mass is 10.0. The van der Waals surface area contributed by atoms with E-state index in [9.17, 15) is 17.6 Å². The summed E-state index contributed by atoms with van der Waals surface area (Å²) < 4.78 is 40.9. The van der Waals surface area contributed by atoms with Gasteiger partial charge in [-0.25, -0.2) is 12.8 Å². The fraction of sp³-hybridized carbons (Fsp3) is 0.316. The molecule has 3 rings (SSSR count). The smallest absolute Gasteiger partial charge is 0.255 e. The molecule has 1 fully saturated rings. The van der Waals surface area contributed by atoms with Gasteiger partial charge >= 0.3 is 0 Å². The highest BCUT2D eigenvalue weighted by Gasteiger charge is 2.27. The third-order valence-electron chi connectivity index (χ3n) is 4.55. The third-order valence-corrected chi connectivity index (χ3v) is 6.71. The molecule has 1 amide bonds. The Kier molecular flexibility index (Phi) is 6.01. The number of benzene rings is 2. The molecule has 0 heterocycles. The lowest BCUT2D eigenvalue weighted by Crippen LogP contribution is -2.29. The maximum atomic E-state index is 13.2. The summed E-state index contributed by atoms with van der Waals surface area (Å²) in [6, 6.07) is 10.1. The Bertz CT molecular complexity index is 944. The standard InChI is InChI=1S/C19H20ClFN2O3S/c20-17-12-14(9-10-18(17)21)22-19(24)13-5-4-6-15(11-13)23-27(25,26)16-7-2-1-3-8-16/h4-6,9-12,16,23H,1-3,7-8H2,(H,22,24). The summed E-state index contributed by atoms with van der Waals surface area (Å²) >= 11 is 5.71. The zero-order chi connectivity index (χ0) is 19.4. The number of hydrogen-bond donors (Lipinski definition) is 2. The minimum Gasteiger partial charge on any atom is -0.322 e. The van der Waals surface area contributed by atoms with Crippen molar-refractivity contribution in [3.05, 3.63) is 58.9 Å². The molecule has 0 aliphatic heterocycles. The highest BCUT2D eigenvalue weighted by Crippen LogP contribution is 2.26. The van der Waals surface area contributed by atoms with E-state index in [0.29, 0.717) is 24.2 Å². The average Bonchev–Trinajstić information content (AvgIpc) is 2.65. The molecule has 8 heteroatoms. The van der Waals surface area contributed by atoms with Crippen LogP contribution in [0.5, 0.6) is 0 Å². The second kappa shape index (κ2) is 8.27. The van der Waals surface area contributed by atoms with E-state index in [2.05, 4.69) is 10.0 Å². The Hall–Kier alpha value is -2.12. The van der Waals surface area contributed by atoms with Gasteiger partial charge in [0.05, 0.1) is 10.3 Å². The van der Waals surface area contributed by atoms with E-state index in [-0.39, 0.29) is 10.6 Å². The fourth-order valence-corrected chi connectivity index (χ4v) is 4.88. The Morgan fingerprint density at radius 3 is 2.48 bits per heavy atom. The van der Waals surface area contributed by atoms with Gasteiger partial charge < -0.3 is 5.32 Å². The summed E-state index contributed by atoms with van der Waals surface area (Å²) in [7, 11) is -3.49. The molecule has 0 aromatic heterocycles. The molecule has 0 radical (unpaired) electrons. The van der Waals surface area contributed by atoms with Gasteiger partial charge in [-0.15, -0.1) is 0 Å². The predicted molar refractivity (Wildman–Crippen MR) is 105 cm³/mol. The molecule has 1 aliphatic rings. The molecule has 5 nitrogen and oxygen atoms in total. The van der Waals surface area contributed by atoms with Crippen LogP contribution < -0.4 is 10.0 Å². The van der Waals surface area contributed by atoms with E-state index in [0.717, 1.165) is 25.3 Å². The minimum atomic E-state index is -3.49. The van der Waals surface area contributed by atoms with Crippen molar-refractivity contribution < 1.29 is 17.6 Å². The van der Waals surface area contributed by atoms with Crippen molar-refractivity contribution in [3.8, 4) is 0 Å². The van der Waals surface area contributed by atoms with Crippen LogP contribution >= 0.6 is 11.6 Å². The Morgan fingerprint density at radius 2 is 1.78 bits per heavy atom. The van der Waals surface area contributed by atoms with Crippen LogP contribution in [0, 0.1) is 5.82 Å². The highest BCUT2D eigenvalue weighted by molar-refractivity contribution is 7.93. The zero-order valence-electron chi connectivity index (χ0n) is 14.5. The van der Waals surface area contributed by atoms with Crippen LogP contribution in [0.2, 0.25) is 5.02 Å². The van der Waals surface area contributed by atoms with E-state index >= 15 is 0 Å². The van der Waals surface area contributed by atoms with Crippen molar-refractivity contribution in [2.45, 2.75) is 37.4 Å². The maximum absolute atomic E-state index is 13.2. The molecule has 2 N–H and O–H groups in total. The van der Waals surface area contributed by atoms with Crippen LogP contribution in [-0.4, -0.2) is 19.6 Å². The van der Waals surface area contributed by atoms with Crippen molar-refractivity contribution in [1.82, 2.24) is 0 Å². The number of halogens is 2. The van der Waals surface area contributed by atoms with Crippen LogP contribution in [0.15, 0.2) is 42.5 Å². The molecular formula is C19H20ClFN2O3S. The number of hydrogen-bond acceptors (Lipinski definition) is 3. The summed E-state index contributed by atoms with van der Waals surface area (Å²) in [5, 5.41) is 2.12. The van der Waals surface area contributed by atoms with Crippen molar-refractivity contribution in [1.29, 1.82) is 0 Å². The zero-order valence-corrected chi connectivity index (χ0v) is 16.1. The molecule has 2 aromatic rings. The van der Waals surface area contributed by atoms with Crippen LogP contribution in [-0.2, 0) is 10.0 Å². The monoisotopic (exact) mass is 410 g/mol. The molecule has 27 heavy (non-hydrogen) atoms. The molecule has 0 spiro atoms. The van der Waals surface area contributed by atoms with E-state index in [1.54, 1.807) is 18.2 Å². The van der Waals surface area contributed by atoms with Gasteiger partial charge in [-0.1, -0.05) is 36.9 Å². The SMILES string of the molecule is O=C(Nc1ccc(F)c(Cl)c1)c1cccc(NS(=O)(=O)C2CCCCC2)c1. The molecule has 0 saturated heterocycles. The van der Waals surface area contributed by atoms with Crippen LogP contribution in [0.3, 0.4) is 0 Å². The van der Waals surface area contributed by atoms with Gasteiger partial charge in [0.1, 0.15) is 5.82 Å². The van der Waals surface area contributed by atoms with Crippen molar-refractivity contribution in [2.24, 2.45) is 0 Å². The summed E-state index contributed by atoms with van der Waals surface area (Å²) in [5.41, 5.74) is 0.962. The summed E-state index contributed by atoms with van der Waals surface area (Å²) in [6.07, 6.45) is 4.19. The molecule has 2 aromatic carbocycles. The first-order valence-electron chi connectivity index (χ1n) is 8.73. The first-order valence-corrected chi connectivity index (χ1v) is 10.7. The van der Waals surface area contributed by atoms with Crippen LogP contribution in [0.1, 0.15) is 42.5 Å². The molecule has 0 atom stereocenters. The topological polar surface area (TPSA) is 75.3 Å². The van der Waals surface area contributed by atoms with E-state index < -0.39 is 27.0 Å². The van der Waals surface area contributed by atoms with E-state index in [1.807, 2.05) is 0 Å². The molecule has 1 saturated carbocycles. The highest BCUT2D eigenvalue weighted by atomic mass is 35.5. The number of amides is 1. The lowest BCUT2D eigenvalue weighted by Gasteiger charge is -2.22. The van der Waals surface area contributed by atoms with Gasteiger partial charge in [0.25, 0.3) is 5.91 Å². The molecule has 144 valence electrons. The van der Waals surface area contributed by atoms with Gasteiger partial charge in [-0.2, -0.15) is 0 Å². The summed E-state index contributed by atoms with van der Waals surface area (Å²) in [5.74, 6) is -1.02. The Labute approximate surface area is 163 Å². The number of rotatable bonds is 5. The predicted octanol–water partition coefficient (Wildman–Crippen LogP) is 4.81. The quantitative estimate of drug-likeness (QED) is 0.742. The van der Waals surface area contributed by atoms with E-state index in [1.165, 1.54) is 18.2 Å². The van der Waals surface area contributed by atoms with Crippen molar-refractivity contribution in [3.63, 3.8) is 0 Å². The first kappa shape index (κ1) is 19.6. The first-order chi connectivity index (χ1) is 12.8. The summed E-state index contributed by atoms with van der Waals surface area (Å²) in [6.45, 7) is 0. The van der Waals surface area contributed by atoms with Crippen molar-refractivity contribution >= 4 is 38.9 Å². The molecule has 0 bridgehead atoms. The minimum absolute atomic E-state index is 0.0956. The third kappa shape index (κ3) is 4.99. The number of anilines is 2. The Balaban J connectivity index is 1.72. The van der Waals surface area contributed by atoms with E-state index in [4.69, 9.17) is 11.6 Å². The largest absolute Gasteiger partial charge is 0.322 e. The van der Waals surface area contributed by atoms with Crippen LogP contribution in [0.25, 0.3) is 0 Å². The van der Waals surface area contributed by atoms with Gasteiger partial charge in [0.2, 0.25) is 10.0 Å². The van der Waals surface area contributed by atoms with Gasteiger partial charge in [-0.3, -0.25) is 9.52 Å². The van der Waals surface area contributed by atoms with Crippen LogP contribution in [0.4, 0.5) is 15.8 Å². The summed E-state index contributed by atoms with van der Waals surface area (Å²) in [4.78, 5) is 12.4.